The van der Waals surface area contributed by atoms with E-state index in [1.54, 1.807) is 12.1 Å². The van der Waals surface area contributed by atoms with Gasteiger partial charge in [-0.25, -0.2) is 0 Å². The van der Waals surface area contributed by atoms with Crippen LogP contribution in [0.4, 0.5) is 0 Å². The van der Waals surface area contributed by atoms with Crippen LogP contribution in [-0.4, -0.2) is 22.3 Å². The molecule has 4 nitrogen and oxygen atoms in total. The van der Waals surface area contributed by atoms with Crippen LogP contribution in [0.3, 0.4) is 0 Å². The second kappa shape index (κ2) is 5.40. The molecule has 0 amide bonds. The van der Waals surface area contributed by atoms with Crippen molar-refractivity contribution < 1.29 is 19.7 Å². The SMILES string of the molecule is CC(=O)O[C@H]1CC[C@H]2[C@@H]3CCc4cc(O)c(O)cc4[C@H]3CC[C@]12C. The summed E-state index contributed by atoms with van der Waals surface area (Å²) in [5, 5.41) is 19.7. The molecule has 2 saturated carbocycles. The van der Waals surface area contributed by atoms with Gasteiger partial charge in [-0.3, -0.25) is 4.79 Å². The lowest BCUT2D eigenvalue weighted by molar-refractivity contribution is -0.154. The lowest BCUT2D eigenvalue weighted by atomic mass is 9.55. The Morgan fingerprint density at radius 2 is 1.92 bits per heavy atom. The summed E-state index contributed by atoms with van der Waals surface area (Å²) in [7, 11) is 0. The third kappa shape index (κ3) is 2.22. The fraction of sp³-hybridized carbons (Fsp3) is 0.650. The zero-order valence-electron chi connectivity index (χ0n) is 14.4. The standard InChI is InChI=1S/C20H26O4/c1-11(21)24-19-6-5-16-14-4-3-12-9-17(22)18(23)10-15(12)13(14)7-8-20(16,19)2/h9-10,13-14,16,19,22-23H,3-8H2,1-2H3/t13-,14+,16-,19-,20-/m0/s1. The van der Waals surface area contributed by atoms with E-state index >= 15 is 0 Å². The molecule has 0 bridgehead atoms. The minimum Gasteiger partial charge on any atom is -0.504 e. The molecular weight excluding hydrogens is 304 g/mol. The number of carbonyl (C=O) groups is 1. The number of aromatic hydroxyl groups is 2. The van der Waals surface area contributed by atoms with E-state index in [1.165, 1.54) is 18.1 Å². The predicted octanol–water partition coefficient (Wildman–Crippen LogP) is 3.89. The minimum absolute atomic E-state index is 0.00746. The molecule has 0 saturated heterocycles. The monoisotopic (exact) mass is 330 g/mol. The molecule has 4 rings (SSSR count). The highest BCUT2D eigenvalue weighted by Crippen LogP contribution is 2.61. The number of hydrogen-bond acceptors (Lipinski definition) is 4. The molecule has 0 unspecified atom stereocenters. The lowest BCUT2D eigenvalue weighted by Gasteiger charge is -2.50. The third-order valence-electron chi connectivity index (χ3n) is 7.04. The summed E-state index contributed by atoms with van der Waals surface area (Å²) in [5.74, 6) is 1.42. The number of phenols is 2. The Balaban J connectivity index is 1.65. The molecule has 0 spiro atoms. The molecule has 1 aromatic rings. The molecule has 5 atom stereocenters. The van der Waals surface area contributed by atoms with E-state index in [9.17, 15) is 15.0 Å². The zero-order valence-corrected chi connectivity index (χ0v) is 14.4. The van der Waals surface area contributed by atoms with E-state index in [-0.39, 0.29) is 29.0 Å². The van der Waals surface area contributed by atoms with Gasteiger partial charge in [0.15, 0.2) is 11.5 Å². The average Bonchev–Trinajstić information content (AvgIpc) is 2.85. The van der Waals surface area contributed by atoms with Gasteiger partial charge in [-0.2, -0.15) is 0 Å². The molecule has 1 aromatic carbocycles. The van der Waals surface area contributed by atoms with Crippen molar-refractivity contribution in [3.8, 4) is 11.5 Å². The summed E-state index contributed by atoms with van der Waals surface area (Å²) in [4.78, 5) is 11.5. The van der Waals surface area contributed by atoms with Gasteiger partial charge >= 0.3 is 5.97 Å². The van der Waals surface area contributed by atoms with Crippen molar-refractivity contribution in [2.24, 2.45) is 17.3 Å². The molecule has 0 heterocycles. The van der Waals surface area contributed by atoms with Crippen LogP contribution in [0.2, 0.25) is 0 Å². The van der Waals surface area contributed by atoms with Gasteiger partial charge in [-0.1, -0.05) is 6.92 Å². The first-order valence-electron chi connectivity index (χ1n) is 9.12. The second-order valence-corrected chi connectivity index (χ2v) is 8.18. The second-order valence-electron chi connectivity index (χ2n) is 8.18. The van der Waals surface area contributed by atoms with Crippen LogP contribution >= 0.6 is 0 Å². The third-order valence-corrected chi connectivity index (χ3v) is 7.04. The average molecular weight is 330 g/mol. The number of aryl methyl sites for hydroxylation is 1. The van der Waals surface area contributed by atoms with Crippen molar-refractivity contribution >= 4 is 5.97 Å². The van der Waals surface area contributed by atoms with Crippen LogP contribution in [0.15, 0.2) is 12.1 Å². The highest BCUT2D eigenvalue weighted by molar-refractivity contribution is 5.66. The Hall–Kier alpha value is -1.71. The molecule has 4 heteroatoms. The highest BCUT2D eigenvalue weighted by Gasteiger charge is 2.56. The van der Waals surface area contributed by atoms with Gasteiger partial charge < -0.3 is 14.9 Å². The molecule has 0 aromatic heterocycles. The number of rotatable bonds is 1. The molecular formula is C20H26O4. The summed E-state index contributed by atoms with van der Waals surface area (Å²) in [6.07, 6.45) is 6.33. The predicted molar refractivity (Wildman–Crippen MR) is 89.9 cm³/mol. The maximum Gasteiger partial charge on any atom is 0.302 e. The largest absolute Gasteiger partial charge is 0.504 e. The Kier molecular flexibility index (Phi) is 3.55. The molecule has 24 heavy (non-hydrogen) atoms. The van der Waals surface area contributed by atoms with Crippen LogP contribution in [0, 0.1) is 17.3 Å². The van der Waals surface area contributed by atoms with Crippen molar-refractivity contribution in [1.82, 2.24) is 0 Å². The number of ether oxygens (including phenoxy) is 1. The highest BCUT2D eigenvalue weighted by atomic mass is 16.5. The van der Waals surface area contributed by atoms with Gasteiger partial charge in [-0.05, 0) is 79.5 Å². The van der Waals surface area contributed by atoms with E-state index in [1.807, 2.05) is 0 Å². The lowest BCUT2D eigenvalue weighted by Crippen LogP contribution is -2.45. The van der Waals surface area contributed by atoms with E-state index in [0.717, 1.165) is 38.5 Å². The Morgan fingerprint density at radius 1 is 1.17 bits per heavy atom. The number of esters is 1. The van der Waals surface area contributed by atoms with Gasteiger partial charge in [0.05, 0.1) is 0 Å². The first kappa shape index (κ1) is 15.8. The molecule has 3 aliphatic carbocycles. The Bertz CT molecular complexity index is 682. The molecule has 3 aliphatic rings. The molecule has 0 radical (unpaired) electrons. The summed E-state index contributed by atoms with van der Waals surface area (Å²) < 4.78 is 5.66. The molecule has 2 fully saturated rings. The van der Waals surface area contributed by atoms with E-state index in [0.29, 0.717) is 17.8 Å². The minimum atomic E-state index is -0.168. The van der Waals surface area contributed by atoms with Crippen molar-refractivity contribution in [2.45, 2.75) is 64.4 Å². The molecule has 2 N–H and O–H groups in total. The van der Waals surface area contributed by atoms with Crippen molar-refractivity contribution in [3.63, 3.8) is 0 Å². The molecule has 130 valence electrons. The van der Waals surface area contributed by atoms with Gasteiger partial charge in [-0.15, -0.1) is 0 Å². The number of carbonyl (C=O) groups excluding carboxylic acids is 1. The van der Waals surface area contributed by atoms with Gasteiger partial charge in [0, 0.05) is 12.3 Å². The maximum atomic E-state index is 11.5. The fourth-order valence-electron chi connectivity index (χ4n) is 5.94. The van der Waals surface area contributed by atoms with Crippen molar-refractivity contribution in [2.75, 3.05) is 0 Å². The smallest absolute Gasteiger partial charge is 0.302 e. The summed E-state index contributed by atoms with van der Waals surface area (Å²) in [6, 6.07) is 3.52. The number of hydrogen-bond donors (Lipinski definition) is 2. The van der Waals surface area contributed by atoms with Crippen molar-refractivity contribution in [1.29, 1.82) is 0 Å². The van der Waals surface area contributed by atoms with Gasteiger partial charge in [0.25, 0.3) is 0 Å². The van der Waals surface area contributed by atoms with E-state index < -0.39 is 0 Å². The first-order valence-corrected chi connectivity index (χ1v) is 9.12. The zero-order chi connectivity index (χ0) is 17.1. The summed E-state index contributed by atoms with van der Waals surface area (Å²) in [6.45, 7) is 3.81. The maximum absolute atomic E-state index is 11.5. The normalized spacial score (nSPS) is 37.2. The number of benzene rings is 1. The van der Waals surface area contributed by atoms with Crippen LogP contribution in [0.25, 0.3) is 0 Å². The fourth-order valence-corrected chi connectivity index (χ4v) is 5.94. The van der Waals surface area contributed by atoms with Gasteiger partial charge in [0.2, 0.25) is 0 Å². The number of fused-ring (bicyclic) bond motifs is 5. The van der Waals surface area contributed by atoms with Crippen LogP contribution in [-0.2, 0) is 16.0 Å². The van der Waals surface area contributed by atoms with E-state index in [2.05, 4.69) is 6.92 Å². The van der Waals surface area contributed by atoms with Crippen LogP contribution < -0.4 is 0 Å². The topological polar surface area (TPSA) is 66.8 Å². The summed E-state index contributed by atoms with van der Waals surface area (Å²) in [5.41, 5.74) is 2.49. The first-order chi connectivity index (χ1) is 11.4. The van der Waals surface area contributed by atoms with Crippen LogP contribution in [0.5, 0.6) is 11.5 Å². The van der Waals surface area contributed by atoms with Crippen LogP contribution in [0.1, 0.15) is 63.0 Å². The Morgan fingerprint density at radius 3 is 2.67 bits per heavy atom. The van der Waals surface area contributed by atoms with Crippen molar-refractivity contribution in [3.05, 3.63) is 23.3 Å². The number of phenolic OH excluding ortho intramolecular Hbond substituents is 2. The molecule has 0 aliphatic heterocycles. The van der Waals surface area contributed by atoms with Gasteiger partial charge in [0.1, 0.15) is 6.10 Å². The Labute approximate surface area is 142 Å². The summed E-state index contributed by atoms with van der Waals surface area (Å²) >= 11 is 0. The quantitative estimate of drug-likeness (QED) is 0.606. The van der Waals surface area contributed by atoms with E-state index in [4.69, 9.17) is 4.74 Å².